The lowest BCUT2D eigenvalue weighted by Crippen LogP contribution is -2.13. The topological polar surface area (TPSA) is 56.1 Å². The Balaban J connectivity index is 1.68. The second-order valence-electron chi connectivity index (χ2n) is 5.67. The molecule has 0 radical (unpaired) electrons. The number of carbonyl (C=O) groups excluding carboxylic acids is 1. The Bertz CT molecular complexity index is 905. The Labute approximate surface area is 151 Å². The molecule has 0 fully saturated rings. The van der Waals surface area contributed by atoms with Crippen LogP contribution >= 0.6 is 11.6 Å². The first-order valence-corrected chi connectivity index (χ1v) is 8.18. The van der Waals surface area contributed by atoms with E-state index in [2.05, 4.69) is 10.4 Å². The molecule has 3 aromatic rings. The van der Waals surface area contributed by atoms with Crippen LogP contribution in [-0.4, -0.2) is 15.7 Å². The number of amides is 1. The molecule has 0 atom stereocenters. The number of hydrogen-bond acceptors (Lipinski definition) is 3. The Morgan fingerprint density at radius 1 is 1.24 bits per heavy atom. The molecule has 0 spiro atoms. The van der Waals surface area contributed by atoms with Crippen LogP contribution in [0.5, 0.6) is 5.75 Å². The van der Waals surface area contributed by atoms with Crippen molar-refractivity contribution in [3.63, 3.8) is 0 Å². The number of nitrogens with one attached hydrogen (secondary N) is 1. The average Bonchev–Trinajstić information content (AvgIpc) is 2.92. The number of aromatic nitrogens is 2. The monoisotopic (exact) mass is 355 g/mol. The van der Waals surface area contributed by atoms with E-state index in [0.29, 0.717) is 28.6 Å². The fourth-order valence-corrected chi connectivity index (χ4v) is 2.52. The molecule has 25 heavy (non-hydrogen) atoms. The van der Waals surface area contributed by atoms with Crippen LogP contribution in [0.15, 0.2) is 54.7 Å². The van der Waals surface area contributed by atoms with E-state index in [1.54, 1.807) is 29.1 Å². The van der Waals surface area contributed by atoms with Crippen molar-refractivity contribution in [2.45, 2.75) is 13.5 Å². The van der Waals surface area contributed by atoms with Crippen LogP contribution in [0.3, 0.4) is 0 Å². The summed E-state index contributed by atoms with van der Waals surface area (Å²) in [5.41, 5.74) is 3.06. The van der Waals surface area contributed by atoms with Crippen molar-refractivity contribution < 1.29 is 9.53 Å². The number of ether oxygens (including phenoxy) is 1. The lowest BCUT2D eigenvalue weighted by atomic mass is 10.1. The van der Waals surface area contributed by atoms with Gasteiger partial charge in [-0.25, -0.2) is 0 Å². The van der Waals surface area contributed by atoms with Crippen LogP contribution in [0.25, 0.3) is 0 Å². The van der Waals surface area contributed by atoms with Gasteiger partial charge in [-0.15, -0.1) is 0 Å². The van der Waals surface area contributed by atoms with Crippen molar-refractivity contribution in [2.75, 3.05) is 5.32 Å². The Kier molecular flexibility index (Phi) is 5.05. The van der Waals surface area contributed by atoms with Gasteiger partial charge in [-0.2, -0.15) is 5.10 Å². The second kappa shape index (κ2) is 7.40. The average molecular weight is 356 g/mol. The number of benzene rings is 2. The molecule has 0 saturated carbocycles. The fourth-order valence-electron chi connectivity index (χ4n) is 2.34. The Morgan fingerprint density at radius 2 is 2.04 bits per heavy atom. The molecule has 0 aliphatic rings. The number of rotatable bonds is 5. The first-order chi connectivity index (χ1) is 12.0. The highest BCUT2D eigenvalue weighted by molar-refractivity contribution is 6.30. The van der Waals surface area contributed by atoms with Crippen molar-refractivity contribution in [3.8, 4) is 5.75 Å². The summed E-state index contributed by atoms with van der Waals surface area (Å²) in [5.74, 6) is 0.508. The predicted octanol–water partition coefficient (Wildman–Crippen LogP) is 4.21. The molecule has 1 aromatic heterocycles. The van der Waals surface area contributed by atoms with Crippen LogP contribution in [0.4, 0.5) is 5.69 Å². The molecular weight excluding hydrogens is 338 g/mol. The molecule has 0 unspecified atom stereocenters. The van der Waals surface area contributed by atoms with Gasteiger partial charge in [0.2, 0.25) is 0 Å². The largest absolute Gasteiger partial charge is 0.489 e. The third-order valence-electron chi connectivity index (χ3n) is 3.87. The number of carbonyl (C=O) groups is 1. The molecule has 0 bridgehead atoms. The molecule has 1 N–H and O–H groups in total. The summed E-state index contributed by atoms with van der Waals surface area (Å²) >= 11 is 5.95. The predicted molar refractivity (Wildman–Crippen MR) is 98.1 cm³/mol. The highest BCUT2D eigenvalue weighted by Crippen LogP contribution is 2.19. The van der Waals surface area contributed by atoms with Gasteiger partial charge in [-0.1, -0.05) is 29.8 Å². The molecule has 5 nitrogen and oxygen atoms in total. The Hall–Kier alpha value is -2.79. The molecule has 1 amide bonds. The molecule has 128 valence electrons. The van der Waals surface area contributed by atoms with Crippen molar-refractivity contribution in [1.82, 2.24) is 9.78 Å². The van der Waals surface area contributed by atoms with E-state index < -0.39 is 0 Å². The van der Waals surface area contributed by atoms with E-state index in [4.69, 9.17) is 16.3 Å². The summed E-state index contributed by atoms with van der Waals surface area (Å²) in [6.07, 6.45) is 1.64. The number of hydrogen-bond donors (Lipinski definition) is 1. The summed E-state index contributed by atoms with van der Waals surface area (Å²) in [5, 5.41) is 7.62. The van der Waals surface area contributed by atoms with Gasteiger partial charge >= 0.3 is 0 Å². The highest BCUT2D eigenvalue weighted by atomic mass is 35.5. The lowest BCUT2D eigenvalue weighted by Gasteiger charge is -2.09. The second-order valence-corrected chi connectivity index (χ2v) is 6.10. The van der Waals surface area contributed by atoms with E-state index in [-0.39, 0.29) is 5.91 Å². The molecule has 1 heterocycles. The number of anilines is 1. The molecule has 3 rings (SSSR count). The maximum Gasteiger partial charge on any atom is 0.255 e. The van der Waals surface area contributed by atoms with Gasteiger partial charge in [0.1, 0.15) is 12.4 Å². The minimum atomic E-state index is -0.180. The van der Waals surface area contributed by atoms with E-state index in [0.717, 1.165) is 11.3 Å². The first-order valence-electron chi connectivity index (χ1n) is 7.80. The highest BCUT2D eigenvalue weighted by Gasteiger charge is 2.11. The number of aryl methyl sites for hydroxylation is 1. The molecule has 2 aromatic carbocycles. The van der Waals surface area contributed by atoms with Crippen LogP contribution in [0, 0.1) is 6.92 Å². The normalized spacial score (nSPS) is 10.5. The van der Waals surface area contributed by atoms with E-state index in [1.807, 2.05) is 44.3 Å². The van der Waals surface area contributed by atoms with E-state index in [9.17, 15) is 4.79 Å². The zero-order chi connectivity index (χ0) is 17.8. The van der Waals surface area contributed by atoms with Crippen LogP contribution in [-0.2, 0) is 13.7 Å². The number of nitrogens with zero attached hydrogens (tertiary/aromatic N) is 2. The zero-order valence-corrected chi connectivity index (χ0v) is 14.7. The first kappa shape index (κ1) is 17.0. The van der Waals surface area contributed by atoms with Crippen LogP contribution in [0.1, 0.15) is 21.6 Å². The van der Waals surface area contributed by atoms with E-state index in [1.165, 1.54) is 0 Å². The van der Waals surface area contributed by atoms with Crippen LogP contribution in [0.2, 0.25) is 5.02 Å². The van der Waals surface area contributed by atoms with Crippen molar-refractivity contribution in [3.05, 3.63) is 76.6 Å². The van der Waals surface area contributed by atoms with Gasteiger partial charge in [0, 0.05) is 17.6 Å². The lowest BCUT2D eigenvalue weighted by molar-refractivity contribution is 0.102. The number of halogens is 1. The fraction of sp³-hybridized carbons (Fsp3) is 0.158. The van der Waals surface area contributed by atoms with Gasteiger partial charge in [-0.3, -0.25) is 9.48 Å². The summed E-state index contributed by atoms with van der Waals surface area (Å²) in [6, 6.07) is 14.5. The Morgan fingerprint density at radius 3 is 2.76 bits per heavy atom. The SMILES string of the molecule is Cc1c(NC(=O)c2cccc(COc3cccc(Cl)c3)c2)cnn1C. The summed E-state index contributed by atoms with van der Waals surface area (Å²) < 4.78 is 7.43. The minimum Gasteiger partial charge on any atom is -0.489 e. The molecule has 0 aliphatic carbocycles. The summed E-state index contributed by atoms with van der Waals surface area (Å²) in [4.78, 5) is 12.4. The maximum atomic E-state index is 12.4. The maximum absolute atomic E-state index is 12.4. The smallest absolute Gasteiger partial charge is 0.255 e. The molecule has 0 saturated heterocycles. The van der Waals surface area contributed by atoms with Gasteiger partial charge in [0.15, 0.2) is 0 Å². The summed E-state index contributed by atoms with van der Waals surface area (Å²) in [7, 11) is 1.83. The van der Waals surface area contributed by atoms with Gasteiger partial charge in [0.05, 0.1) is 17.6 Å². The van der Waals surface area contributed by atoms with Crippen molar-refractivity contribution in [2.24, 2.45) is 7.05 Å². The minimum absolute atomic E-state index is 0.180. The molecule has 6 heteroatoms. The third kappa shape index (κ3) is 4.19. The zero-order valence-electron chi connectivity index (χ0n) is 14.0. The van der Waals surface area contributed by atoms with Gasteiger partial charge in [-0.05, 0) is 42.8 Å². The standard InChI is InChI=1S/C19H18ClN3O2/c1-13-18(11-21-23(13)2)22-19(24)15-6-3-5-14(9-15)12-25-17-8-4-7-16(20)10-17/h3-11H,12H2,1-2H3,(H,22,24). The van der Waals surface area contributed by atoms with Gasteiger partial charge < -0.3 is 10.1 Å². The van der Waals surface area contributed by atoms with Crippen LogP contribution < -0.4 is 10.1 Å². The summed E-state index contributed by atoms with van der Waals surface area (Å²) in [6.45, 7) is 2.26. The van der Waals surface area contributed by atoms with E-state index >= 15 is 0 Å². The quantitative estimate of drug-likeness (QED) is 0.745. The van der Waals surface area contributed by atoms with Crippen molar-refractivity contribution >= 4 is 23.2 Å². The molecule has 0 aliphatic heterocycles. The van der Waals surface area contributed by atoms with Crippen molar-refractivity contribution in [1.29, 1.82) is 0 Å². The molecular formula is C19H18ClN3O2. The third-order valence-corrected chi connectivity index (χ3v) is 4.11. The van der Waals surface area contributed by atoms with Gasteiger partial charge in [0.25, 0.3) is 5.91 Å².